The summed E-state index contributed by atoms with van der Waals surface area (Å²) >= 11 is 6.04. The zero-order chi connectivity index (χ0) is 11.5. The summed E-state index contributed by atoms with van der Waals surface area (Å²) in [7, 11) is 0. The second-order valence-corrected chi connectivity index (χ2v) is 4.24. The Bertz CT molecular complexity index is 476. The Morgan fingerprint density at radius 2 is 1.62 bits per heavy atom. The van der Waals surface area contributed by atoms with Crippen molar-refractivity contribution in [3.63, 3.8) is 0 Å². The van der Waals surface area contributed by atoms with Crippen LogP contribution >= 0.6 is 11.6 Å². The molecule has 1 nitrogen and oxygen atoms in total. The Labute approximate surface area is 100 Å². The number of aliphatic hydroxyl groups excluding tert-OH is 1. The summed E-state index contributed by atoms with van der Waals surface area (Å²) in [6.07, 6.45) is -0.658. The standard InChI is InChI=1S/C14H13ClO/c1-10-6-8-11(9-7-10)14(16)12-4-2-3-5-13(12)15/h2-9,14,16H,1H3/t14-/m1/s1. The van der Waals surface area contributed by atoms with E-state index in [1.54, 1.807) is 6.07 Å². The van der Waals surface area contributed by atoms with Crippen LogP contribution in [0.4, 0.5) is 0 Å². The van der Waals surface area contributed by atoms with Crippen molar-refractivity contribution in [1.82, 2.24) is 0 Å². The predicted octanol–water partition coefficient (Wildman–Crippen LogP) is 3.73. The van der Waals surface area contributed by atoms with Crippen molar-refractivity contribution in [2.75, 3.05) is 0 Å². The lowest BCUT2D eigenvalue weighted by Gasteiger charge is -2.13. The maximum Gasteiger partial charge on any atom is 0.105 e. The molecule has 0 fully saturated rings. The van der Waals surface area contributed by atoms with Gasteiger partial charge in [0.05, 0.1) is 0 Å². The molecule has 0 amide bonds. The first-order valence-corrected chi connectivity index (χ1v) is 5.55. The number of halogens is 1. The fourth-order valence-corrected chi connectivity index (χ4v) is 1.86. The SMILES string of the molecule is Cc1ccc([C@@H](O)c2ccccc2Cl)cc1. The van der Waals surface area contributed by atoms with Gasteiger partial charge in [0.2, 0.25) is 0 Å². The molecule has 0 aliphatic carbocycles. The first-order valence-electron chi connectivity index (χ1n) is 5.17. The topological polar surface area (TPSA) is 20.2 Å². The van der Waals surface area contributed by atoms with Crippen LogP contribution in [0.2, 0.25) is 5.02 Å². The Hall–Kier alpha value is -1.31. The molecule has 1 atom stereocenters. The van der Waals surface area contributed by atoms with Gasteiger partial charge >= 0.3 is 0 Å². The van der Waals surface area contributed by atoms with E-state index >= 15 is 0 Å². The molecule has 1 N–H and O–H groups in total. The molecule has 2 aromatic carbocycles. The molecule has 0 saturated carbocycles. The first kappa shape index (κ1) is 11.2. The van der Waals surface area contributed by atoms with Gasteiger partial charge in [0, 0.05) is 10.6 Å². The van der Waals surface area contributed by atoms with Crippen LogP contribution in [-0.4, -0.2) is 5.11 Å². The van der Waals surface area contributed by atoms with Crippen molar-refractivity contribution in [1.29, 1.82) is 0 Å². The fourth-order valence-electron chi connectivity index (χ4n) is 1.63. The Kier molecular flexibility index (Phi) is 3.28. The predicted molar refractivity (Wildman–Crippen MR) is 66.7 cm³/mol. The normalized spacial score (nSPS) is 12.4. The fraction of sp³-hybridized carbons (Fsp3) is 0.143. The van der Waals surface area contributed by atoms with E-state index in [-0.39, 0.29) is 0 Å². The highest BCUT2D eigenvalue weighted by molar-refractivity contribution is 6.31. The van der Waals surface area contributed by atoms with Crippen molar-refractivity contribution in [2.24, 2.45) is 0 Å². The zero-order valence-electron chi connectivity index (χ0n) is 9.02. The van der Waals surface area contributed by atoms with Crippen molar-refractivity contribution in [3.05, 3.63) is 70.2 Å². The molecule has 0 aromatic heterocycles. The van der Waals surface area contributed by atoms with Gasteiger partial charge in [-0.3, -0.25) is 0 Å². The lowest BCUT2D eigenvalue weighted by atomic mass is 10.0. The second kappa shape index (κ2) is 4.69. The van der Waals surface area contributed by atoms with Crippen LogP contribution in [0.1, 0.15) is 22.8 Å². The van der Waals surface area contributed by atoms with Gasteiger partial charge in [-0.2, -0.15) is 0 Å². The Morgan fingerprint density at radius 3 is 2.25 bits per heavy atom. The molecule has 2 rings (SSSR count). The molecule has 0 aliphatic rings. The van der Waals surface area contributed by atoms with Gasteiger partial charge < -0.3 is 5.11 Å². The van der Waals surface area contributed by atoms with Crippen molar-refractivity contribution >= 4 is 11.6 Å². The number of aryl methyl sites for hydroxylation is 1. The minimum atomic E-state index is -0.658. The molecule has 16 heavy (non-hydrogen) atoms. The molecule has 2 aromatic rings. The summed E-state index contributed by atoms with van der Waals surface area (Å²) in [5, 5.41) is 10.8. The maximum atomic E-state index is 10.2. The Balaban J connectivity index is 2.35. The van der Waals surface area contributed by atoms with Crippen LogP contribution in [0.5, 0.6) is 0 Å². The van der Waals surface area contributed by atoms with E-state index in [2.05, 4.69) is 0 Å². The van der Waals surface area contributed by atoms with Crippen LogP contribution in [0.25, 0.3) is 0 Å². The molecule has 0 spiro atoms. The van der Waals surface area contributed by atoms with Crippen LogP contribution < -0.4 is 0 Å². The first-order chi connectivity index (χ1) is 7.68. The molecule has 0 unspecified atom stereocenters. The average Bonchev–Trinajstić information content (AvgIpc) is 2.30. The van der Waals surface area contributed by atoms with Gasteiger partial charge in [-0.1, -0.05) is 59.6 Å². The Morgan fingerprint density at radius 1 is 1.00 bits per heavy atom. The lowest BCUT2D eigenvalue weighted by molar-refractivity contribution is 0.220. The van der Waals surface area contributed by atoms with E-state index in [1.165, 1.54) is 5.56 Å². The van der Waals surface area contributed by atoms with Gasteiger partial charge in [0.25, 0.3) is 0 Å². The number of rotatable bonds is 2. The highest BCUT2D eigenvalue weighted by Crippen LogP contribution is 2.27. The smallest absolute Gasteiger partial charge is 0.105 e. The minimum Gasteiger partial charge on any atom is -0.384 e. The summed E-state index contributed by atoms with van der Waals surface area (Å²) in [5.41, 5.74) is 2.78. The summed E-state index contributed by atoms with van der Waals surface area (Å²) in [6, 6.07) is 15.2. The summed E-state index contributed by atoms with van der Waals surface area (Å²) in [4.78, 5) is 0. The van der Waals surface area contributed by atoms with E-state index in [4.69, 9.17) is 11.6 Å². The monoisotopic (exact) mass is 232 g/mol. The molecule has 82 valence electrons. The van der Waals surface area contributed by atoms with Crippen molar-refractivity contribution < 1.29 is 5.11 Å². The highest BCUT2D eigenvalue weighted by atomic mass is 35.5. The van der Waals surface area contributed by atoms with Crippen molar-refractivity contribution in [2.45, 2.75) is 13.0 Å². The van der Waals surface area contributed by atoms with Gasteiger partial charge in [-0.25, -0.2) is 0 Å². The number of hydrogen-bond donors (Lipinski definition) is 1. The second-order valence-electron chi connectivity index (χ2n) is 3.83. The van der Waals surface area contributed by atoms with E-state index in [0.29, 0.717) is 5.02 Å². The van der Waals surface area contributed by atoms with Crippen LogP contribution in [-0.2, 0) is 0 Å². The quantitative estimate of drug-likeness (QED) is 0.837. The van der Waals surface area contributed by atoms with E-state index in [0.717, 1.165) is 11.1 Å². The third-order valence-corrected chi connectivity index (χ3v) is 2.94. The van der Waals surface area contributed by atoms with Gasteiger partial charge in [-0.15, -0.1) is 0 Å². The maximum absolute atomic E-state index is 10.2. The van der Waals surface area contributed by atoms with E-state index in [1.807, 2.05) is 49.4 Å². The van der Waals surface area contributed by atoms with Crippen LogP contribution in [0.15, 0.2) is 48.5 Å². The molecular weight excluding hydrogens is 220 g/mol. The summed E-state index contributed by atoms with van der Waals surface area (Å²) in [6.45, 7) is 2.02. The average molecular weight is 233 g/mol. The molecule has 0 heterocycles. The zero-order valence-corrected chi connectivity index (χ0v) is 9.78. The third kappa shape index (κ3) is 2.26. The highest BCUT2D eigenvalue weighted by Gasteiger charge is 2.12. The number of benzene rings is 2. The summed E-state index contributed by atoms with van der Waals surface area (Å²) < 4.78 is 0. The van der Waals surface area contributed by atoms with Gasteiger partial charge in [0.1, 0.15) is 6.10 Å². The lowest BCUT2D eigenvalue weighted by Crippen LogP contribution is -2.00. The molecule has 0 saturated heterocycles. The van der Waals surface area contributed by atoms with Gasteiger partial charge in [0.15, 0.2) is 0 Å². The largest absolute Gasteiger partial charge is 0.384 e. The minimum absolute atomic E-state index is 0.593. The van der Waals surface area contributed by atoms with Crippen molar-refractivity contribution in [3.8, 4) is 0 Å². The third-order valence-electron chi connectivity index (χ3n) is 2.59. The summed E-state index contributed by atoms with van der Waals surface area (Å²) in [5.74, 6) is 0. The molecular formula is C14H13ClO. The van der Waals surface area contributed by atoms with E-state index in [9.17, 15) is 5.11 Å². The molecule has 0 radical (unpaired) electrons. The van der Waals surface area contributed by atoms with Gasteiger partial charge in [-0.05, 0) is 18.6 Å². The number of aliphatic hydroxyl groups is 1. The molecule has 0 bridgehead atoms. The molecule has 0 aliphatic heterocycles. The van der Waals surface area contributed by atoms with Crippen LogP contribution in [0.3, 0.4) is 0 Å². The van der Waals surface area contributed by atoms with Crippen LogP contribution in [0, 0.1) is 6.92 Å². The number of hydrogen-bond acceptors (Lipinski definition) is 1. The molecule has 2 heteroatoms. The van der Waals surface area contributed by atoms with E-state index < -0.39 is 6.10 Å².